The lowest BCUT2D eigenvalue weighted by atomic mass is 10.1. The molecule has 3 aliphatic heterocycles. The summed E-state index contributed by atoms with van der Waals surface area (Å²) in [5.41, 5.74) is 7.19. The minimum atomic E-state index is 0.130. The third-order valence-corrected chi connectivity index (χ3v) is 7.30. The lowest BCUT2D eigenvalue weighted by Crippen LogP contribution is -2.44. The van der Waals surface area contributed by atoms with Crippen LogP contribution in [0.4, 0.5) is 5.69 Å². The van der Waals surface area contributed by atoms with Crippen LogP contribution < -0.4 is 4.90 Å². The average molecular weight is 469 g/mol. The fourth-order valence-corrected chi connectivity index (χ4v) is 4.90. The van der Waals surface area contributed by atoms with Gasteiger partial charge >= 0.3 is 0 Å². The Hall–Kier alpha value is -3.38. The van der Waals surface area contributed by atoms with Crippen molar-refractivity contribution in [2.75, 3.05) is 45.2 Å². The summed E-state index contributed by atoms with van der Waals surface area (Å²) in [5, 5.41) is 9.22. The lowest BCUT2D eigenvalue weighted by molar-refractivity contribution is 0.313. The van der Waals surface area contributed by atoms with E-state index in [0.717, 1.165) is 62.0 Å². The Morgan fingerprint density at radius 3 is 2.43 bits per heavy atom. The number of rotatable bonds is 6. The molecule has 2 aromatic rings. The maximum absolute atomic E-state index is 4.64. The van der Waals surface area contributed by atoms with Crippen molar-refractivity contribution in [2.45, 2.75) is 32.9 Å². The van der Waals surface area contributed by atoms with Crippen LogP contribution in [-0.4, -0.2) is 72.6 Å². The molecule has 6 heteroatoms. The van der Waals surface area contributed by atoms with E-state index in [4.69, 9.17) is 0 Å². The summed E-state index contributed by atoms with van der Waals surface area (Å²) in [5.74, 6) is 0.897. The first-order valence-electron chi connectivity index (χ1n) is 12.7. The van der Waals surface area contributed by atoms with Crippen LogP contribution >= 0.6 is 0 Å². The zero-order valence-electron chi connectivity index (χ0n) is 21.4. The van der Waals surface area contributed by atoms with Gasteiger partial charge in [0.15, 0.2) is 5.84 Å². The number of hydrogen-bond donors (Lipinski definition) is 0. The van der Waals surface area contributed by atoms with E-state index in [0.29, 0.717) is 0 Å². The molecule has 0 spiro atoms. The van der Waals surface area contributed by atoms with E-state index in [9.17, 15) is 0 Å². The molecule has 0 N–H and O–H groups in total. The molecule has 0 saturated carbocycles. The van der Waals surface area contributed by atoms with E-state index in [1.807, 2.05) is 0 Å². The van der Waals surface area contributed by atoms with Crippen molar-refractivity contribution in [3.05, 3.63) is 89.3 Å². The first-order valence-corrected chi connectivity index (χ1v) is 12.7. The minimum absolute atomic E-state index is 0.130. The monoisotopic (exact) mass is 468 g/mol. The summed E-state index contributed by atoms with van der Waals surface area (Å²) in [6.45, 7) is 9.60. The number of likely N-dealkylation sites (N-methyl/N-ethyl adjacent to an activating group) is 2. The predicted molar refractivity (Wildman–Crippen MR) is 146 cm³/mol. The molecule has 0 radical (unpaired) electrons. The second kappa shape index (κ2) is 10.1. The third-order valence-electron chi connectivity index (χ3n) is 7.30. The van der Waals surface area contributed by atoms with Gasteiger partial charge in [-0.05, 0) is 67.9 Å². The number of fused-ring (bicyclic) bond motifs is 2. The van der Waals surface area contributed by atoms with Crippen molar-refractivity contribution in [3.8, 4) is 0 Å². The second-order valence-electron chi connectivity index (χ2n) is 9.79. The number of aryl methyl sites for hydroxylation is 1. The maximum Gasteiger partial charge on any atom is 0.163 e. The summed E-state index contributed by atoms with van der Waals surface area (Å²) >= 11 is 0. The van der Waals surface area contributed by atoms with Crippen molar-refractivity contribution >= 4 is 17.2 Å². The van der Waals surface area contributed by atoms with E-state index in [1.54, 1.807) is 0 Å². The van der Waals surface area contributed by atoms with Crippen molar-refractivity contribution in [2.24, 2.45) is 10.2 Å². The summed E-state index contributed by atoms with van der Waals surface area (Å²) < 4.78 is 0. The van der Waals surface area contributed by atoms with Crippen LogP contribution in [0.2, 0.25) is 0 Å². The highest BCUT2D eigenvalue weighted by atomic mass is 15.4. The van der Waals surface area contributed by atoms with Crippen LogP contribution in [0.15, 0.2) is 82.8 Å². The first-order chi connectivity index (χ1) is 17.0. The molecule has 35 heavy (non-hydrogen) atoms. The molecule has 182 valence electrons. The Morgan fingerprint density at radius 2 is 1.69 bits per heavy atom. The number of piperazine rings is 1. The van der Waals surface area contributed by atoms with E-state index >= 15 is 0 Å². The summed E-state index contributed by atoms with van der Waals surface area (Å²) in [7, 11) is 4.34. The highest BCUT2D eigenvalue weighted by Gasteiger charge is 2.28. The van der Waals surface area contributed by atoms with E-state index in [-0.39, 0.29) is 6.04 Å². The van der Waals surface area contributed by atoms with E-state index in [2.05, 4.69) is 125 Å². The van der Waals surface area contributed by atoms with Gasteiger partial charge < -0.3 is 19.6 Å². The molecule has 0 aliphatic carbocycles. The van der Waals surface area contributed by atoms with Crippen LogP contribution in [0.25, 0.3) is 0 Å². The molecule has 3 heterocycles. The maximum atomic E-state index is 4.64. The molecule has 0 amide bonds. The molecule has 2 bridgehead atoms. The Labute approximate surface area is 209 Å². The molecule has 3 aliphatic rings. The fraction of sp³-hybridized carbons (Fsp3) is 0.379. The number of hydrogen-bond acceptors (Lipinski definition) is 6. The number of anilines is 1. The van der Waals surface area contributed by atoms with Gasteiger partial charge in [-0.25, -0.2) is 0 Å². The Morgan fingerprint density at radius 1 is 0.943 bits per heavy atom. The summed E-state index contributed by atoms with van der Waals surface area (Å²) in [6.07, 6.45) is 7.54. The zero-order chi connectivity index (χ0) is 24.4. The van der Waals surface area contributed by atoms with Crippen molar-refractivity contribution < 1.29 is 0 Å². The second-order valence-corrected chi connectivity index (χ2v) is 9.79. The fourth-order valence-electron chi connectivity index (χ4n) is 4.90. The summed E-state index contributed by atoms with van der Waals surface area (Å²) in [4.78, 5) is 9.41. The van der Waals surface area contributed by atoms with Gasteiger partial charge in [0, 0.05) is 57.2 Å². The quantitative estimate of drug-likeness (QED) is 0.632. The highest BCUT2D eigenvalue weighted by Crippen LogP contribution is 2.25. The van der Waals surface area contributed by atoms with Gasteiger partial charge in [0.05, 0.1) is 17.5 Å². The van der Waals surface area contributed by atoms with Crippen molar-refractivity contribution in [1.29, 1.82) is 0 Å². The molecular weight excluding hydrogens is 432 g/mol. The van der Waals surface area contributed by atoms with Crippen molar-refractivity contribution in [3.63, 3.8) is 0 Å². The molecule has 5 rings (SSSR count). The molecular formula is C29H36N6. The molecule has 0 aromatic heterocycles. The summed E-state index contributed by atoms with van der Waals surface area (Å²) in [6, 6.07) is 17.8. The van der Waals surface area contributed by atoms with Gasteiger partial charge in [-0.1, -0.05) is 31.2 Å². The number of amidine groups is 1. The third kappa shape index (κ3) is 5.03. The van der Waals surface area contributed by atoms with Crippen LogP contribution in [0.5, 0.6) is 0 Å². The standard InChI is InChI=1S/C29H36N6/c1-5-23-7-6-8-24(19-23)20-33(4)27-13-14-28-22(2)35(21-27)29(31-30-28)25-9-11-26(12-10-25)34-17-15-32(3)16-18-34/h6-14,19,21-22H,5,15-18,20H2,1-4H3. The molecule has 1 fully saturated rings. The van der Waals surface area contributed by atoms with Gasteiger partial charge in [0.2, 0.25) is 0 Å². The highest BCUT2D eigenvalue weighted by molar-refractivity contribution is 6.09. The number of allylic oxidation sites excluding steroid dienone is 1. The van der Waals surface area contributed by atoms with Crippen molar-refractivity contribution in [1.82, 2.24) is 14.7 Å². The average Bonchev–Trinajstić information content (AvgIpc) is 2.97. The van der Waals surface area contributed by atoms with E-state index < -0.39 is 0 Å². The molecule has 1 unspecified atom stereocenters. The Kier molecular flexibility index (Phi) is 6.73. The molecule has 1 atom stereocenters. The van der Waals surface area contributed by atoms with Crippen LogP contribution in [-0.2, 0) is 13.0 Å². The number of nitrogens with zero attached hydrogens (tertiary/aromatic N) is 6. The molecule has 2 aromatic carbocycles. The first kappa shape index (κ1) is 23.4. The Bertz CT molecular complexity index is 1170. The SMILES string of the molecule is CCc1cccc(CN(C)C2=CN3C(c4ccc(N5CCN(C)CC5)cc4)=NN=C(C=C2)C3C)c1. The van der Waals surface area contributed by atoms with Gasteiger partial charge in [-0.3, -0.25) is 0 Å². The molecule has 1 saturated heterocycles. The van der Waals surface area contributed by atoms with Gasteiger partial charge in [0.1, 0.15) is 0 Å². The van der Waals surface area contributed by atoms with Gasteiger partial charge in [-0.15, -0.1) is 5.10 Å². The van der Waals surface area contributed by atoms with Gasteiger partial charge in [0.25, 0.3) is 0 Å². The van der Waals surface area contributed by atoms with Gasteiger partial charge in [-0.2, -0.15) is 5.10 Å². The molecule has 6 nitrogen and oxygen atoms in total. The normalized spacial score (nSPS) is 20.2. The minimum Gasteiger partial charge on any atom is -0.369 e. The lowest BCUT2D eigenvalue weighted by Gasteiger charge is -2.34. The smallest absolute Gasteiger partial charge is 0.163 e. The predicted octanol–water partition coefficient (Wildman–Crippen LogP) is 4.35. The number of benzene rings is 2. The topological polar surface area (TPSA) is 37.7 Å². The Balaban J connectivity index is 1.37. The zero-order valence-corrected chi connectivity index (χ0v) is 21.4. The van der Waals surface area contributed by atoms with Crippen LogP contribution in [0, 0.1) is 0 Å². The van der Waals surface area contributed by atoms with E-state index in [1.165, 1.54) is 16.8 Å². The van der Waals surface area contributed by atoms with Crippen LogP contribution in [0.1, 0.15) is 30.5 Å². The largest absolute Gasteiger partial charge is 0.369 e. The van der Waals surface area contributed by atoms with Crippen LogP contribution in [0.3, 0.4) is 0 Å².